The van der Waals surface area contributed by atoms with Crippen LogP contribution in [0.3, 0.4) is 0 Å². The molecule has 3 rings (SSSR count). The minimum atomic E-state index is -0.342. The summed E-state index contributed by atoms with van der Waals surface area (Å²) < 4.78 is 11.1. The third-order valence-corrected chi connectivity index (χ3v) is 4.12. The van der Waals surface area contributed by atoms with Crippen LogP contribution in [0.1, 0.15) is 35.1 Å². The van der Waals surface area contributed by atoms with Crippen molar-refractivity contribution in [3.05, 3.63) is 40.2 Å². The van der Waals surface area contributed by atoms with Gasteiger partial charge in [-0.3, -0.25) is 10.1 Å². The molecule has 2 heterocycles. The summed E-state index contributed by atoms with van der Waals surface area (Å²) >= 11 is 1.49. The molecule has 0 saturated carbocycles. The number of nitrogens with one attached hydrogen (secondary N) is 1. The first-order valence-electron chi connectivity index (χ1n) is 7.96. The molecule has 0 radical (unpaired) electrons. The zero-order chi connectivity index (χ0) is 17.6. The predicted octanol–water partition coefficient (Wildman–Crippen LogP) is 3.93. The Kier molecular flexibility index (Phi) is 5.39. The highest BCUT2D eigenvalue weighted by molar-refractivity contribution is 7.09. The summed E-state index contributed by atoms with van der Waals surface area (Å²) in [6, 6.07) is 7.01. The number of hydrogen-bond donors (Lipinski definition) is 1. The van der Waals surface area contributed by atoms with Gasteiger partial charge < -0.3 is 9.15 Å². The Morgan fingerprint density at radius 3 is 3.00 bits per heavy atom. The fourth-order valence-electron chi connectivity index (χ4n) is 2.07. The first-order valence-corrected chi connectivity index (χ1v) is 8.84. The number of anilines is 1. The van der Waals surface area contributed by atoms with Crippen molar-refractivity contribution in [2.24, 2.45) is 0 Å². The number of thiazole rings is 1. The SMILES string of the molecule is CCCCOc1cccc(C(=O)Nc2nnc(-c3csc(C)n3)o2)c1. The maximum Gasteiger partial charge on any atom is 0.322 e. The number of carbonyl (C=O) groups is 1. The van der Waals surface area contributed by atoms with Gasteiger partial charge in [0.05, 0.1) is 11.6 Å². The van der Waals surface area contributed by atoms with E-state index >= 15 is 0 Å². The Bertz CT molecular complexity index is 859. The zero-order valence-electron chi connectivity index (χ0n) is 14.0. The molecular formula is C17H18N4O3S. The van der Waals surface area contributed by atoms with E-state index < -0.39 is 0 Å². The molecule has 2 aromatic heterocycles. The Balaban J connectivity index is 1.66. The summed E-state index contributed by atoms with van der Waals surface area (Å²) in [7, 11) is 0. The number of rotatable bonds is 7. The fourth-order valence-corrected chi connectivity index (χ4v) is 2.66. The van der Waals surface area contributed by atoms with E-state index in [4.69, 9.17) is 9.15 Å². The molecule has 8 heteroatoms. The lowest BCUT2D eigenvalue weighted by atomic mass is 10.2. The number of nitrogens with zero attached hydrogens (tertiary/aromatic N) is 3. The van der Waals surface area contributed by atoms with Crippen LogP contribution in [-0.2, 0) is 0 Å². The molecule has 0 aliphatic carbocycles. The zero-order valence-corrected chi connectivity index (χ0v) is 14.8. The van der Waals surface area contributed by atoms with E-state index in [1.54, 1.807) is 18.2 Å². The van der Waals surface area contributed by atoms with Crippen LogP contribution in [0.15, 0.2) is 34.1 Å². The lowest BCUT2D eigenvalue weighted by Crippen LogP contribution is -2.12. The number of aryl methyl sites for hydroxylation is 1. The van der Waals surface area contributed by atoms with Gasteiger partial charge in [-0.05, 0) is 31.5 Å². The molecule has 1 aromatic carbocycles. The summed E-state index contributed by atoms with van der Waals surface area (Å²) in [5.41, 5.74) is 1.06. The van der Waals surface area contributed by atoms with E-state index in [1.165, 1.54) is 11.3 Å². The number of amides is 1. The van der Waals surface area contributed by atoms with Gasteiger partial charge in [0.1, 0.15) is 11.4 Å². The summed E-state index contributed by atoms with van der Waals surface area (Å²) in [6.45, 7) is 4.61. The van der Waals surface area contributed by atoms with Crippen LogP contribution in [0.4, 0.5) is 6.01 Å². The van der Waals surface area contributed by atoms with Crippen molar-refractivity contribution in [1.82, 2.24) is 15.2 Å². The number of unbranched alkanes of at least 4 members (excludes halogenated alkanes) is 1. The predicted molar refractivity (Wildman–Crippen MR) is 94.9 cm³/mol. The average Bonchev–Trinajstić information content (AvgIpc) is 3.24. The lowest BCUT2D eigenvalue weighted by Gasteiger charge is -2.07. The van der Waals surface area contributed by atoms with E-state index in [1.807, 2.05) is 18.4 Å². The molecule has 1 amide bonds. The number of ether oxygens (including phenoxy) is 1. The maximum absolute atomic E-state index is 12.3. The van der Waals surface area contributed by atoms with Crippen LogP contribution < -0.4 is 10.1 Å². The van der Waals surface area contributed by atoms with Gasteiger partial charge in [0.2, 0.25) is 0 Å². The molecule has 1 N–H and O–H groups in total. The maximum atomic E-state index is 12.3. The minimum Gasteiger partial charge on any atom is -0.494 e. The standard InChI is InChI=1S/C17H18N4O3S/c1-3-4-8-23-13-7-5-6-12(9-13)15(22)19-17-21-20-16(24-17)14-10-25-11(2)18-14/h5-7,9-10H,3-4,8H2,1-2H3,(H,19,21,22). The molecule has 7 nitrogen and oxygen atoms in total. The molecule has 0 aliphatic heterocycles. The second-order valence-corrected chi connectivity index (χ2v) is 6.41. The highest BCUT2D eigenvalue weighted by Crippen LogP contribution is 2.22. The van der Waals surface area contributed by atoms with Crippen molar-refractivity contribution in [3.8, 4) is 17.3 Å². The number of benzene rings is 1. The number of aromatic nitrogens is 3. The van der Waals surface area contributed by atoms with Gasteiger partial charge in [-0.1, -0.05) is 24.5 Å². The summed E-state index contributed by atoms with van der Waals surface area (Å²) in [5.74, 6) is 0.590. The molecule has 0 fully saturated rings. The van der Waals surface area contributed by atoms with Crippen LogP contribution in [0, 0.1) is 6.92 Å². The quantitative estimate of drug-likeness (QED) is 0.644. The largest absolute Gasteiger partial charge is 0.494 e. The van der Waals surface area contributed by atoms with Gasteiger partial charge >= 0.3 is 6.01 Å². The fraction of sp³-hybridized carbons (Fsp3) is 0.294. The normalized spacial score (nSPS) is 10.6. The average molecular weight is 358 g/mol. The molecular weight excluding hydrogens is 340 g/mol. The van der Waals surface area contributed by atoms with Crippen LogP contribution in [0.2, 0.25) is 0 Å². The summed E-state index contributed by atoms with van der Waals surface area (Å²) in [6.07, 6.45) is 2.02. The van der Waals surface area contributed by atoms with E-state index in [9.17, 15) is 4.79 Å². The van der Waals surface area contributed by atoms with Crippen LogP contribution in [0.25, 0.3) is 11.6 Å². The third-order valence-electron chi connectivity index (χ3n) is 3.35. The van der Waals surface area contributed by atoms with Crippen molar-refractivity contribution in [2.75, 3.05) is 11.9 Å². The first kappa shape index (κ1) is 17.1. The highest BCUT2D eigenvalue weighted by atomic mass is 32.1. The third kappa shape index (κ3) is 4.42. The monoisotopic (exact) mass is 358 g/mol. The molecule has 0 spiro atoms. The van der Waals surface area contributed by atoms with Gasteiger partial charge in [-0.25, -0.2) is 4.98 Å². The van der Waals surface area contributed by atoms with Crippen molar-refractivity contribution >= 4 is 23.3 Å². The van der Waals surface area contributed by atoms with Crippen molar-refractivity contribution in [3.63, 3.8) is 0 Å². The lowest BCUT2D eigenvalue weighted by molar-refractivity contribution is 0.102. The van der Waals surface area contributed by atoms with Crippen molar-refractivity contribution in [2.45, 2.75) is 26.7 Å². The van der Waals surface area contributed by atoms with Crippen molar-refractivity contribution in [1.29, 1.82) is 0 Å². The first-order chi connectivity index (χ1) is 12.2. The second kappa shape index (κ2) is 7.89. The van der Waals surface area contributed by atoms with Gasteiger partial charge in [0, 0.05) is 10.9 Å². The summed E-state index contributed by atoms with van der Waals surface area (Å²) in [4.78, 5) is 16.6. The Morgan fingerprint density at radius 1 is 1.36 bits per heavy atom. The molecule has 3 aromatic rings. The Labute approximate surface area is 149 Å². The molecule has 0 aliphatic rings. The topological polar surface area (TPSA) is 90.1 Å². The van der Waals surface area contributed by atoms with Crippen LogP contribution >= 0.6 is 11.3 Å². The molecule has 0 bridgehead atoms. The van der Waals surface area contributed by atoms with E-state index in [0.29, 0.717) is 23.6 Å². The molecule has 0 unspecified atom stereocenters. The molecule has 0 atom stereocenters. The smallest absolute Gasteiger partial charge is 0.322 e. The molecule has 0 saturated heterocycles. The van der Waals surface area contributed by atoms with Gasteiger partial charge in [-0.2, -0.15) is 0 Å². The van der Waals surface area contributed by atoms with Gasteiger partial charge in [-0.15, -0.1) is 16.4 Å². The van der Waals surface area contributed by atoms with Crippen molar-refractivity contribution < 1.29 is 13.9 Å². The van der Waals surface area contributed by atoms with Gasteiger partial charge in [0.25, 0.3) is 11.8 Å². The minimum absolute atomic E-state index is 0.0305. The molecule has 25 heavy (non-hydrogen) atoms. The van der Waals surface area contributed by atoms with E-state index in [2.05, 4.69) is 27.4 Å². The summed E-state index contributed by atoms with van der Waals surface area (Å²) in [5, 5.41) is 13.1. The number of hydrogen-bond acceptors (Lipinski definition) is 7. The highest BCUT2D eigenvalue weighted by Gasteiger charge is 2.14. The van der Waals surface area contributed by atoms with Crippen LogP contribution in [0.5, 0.6) is 5.75 Å². The molecule has 130 valence electrons. The van der Waals surface area contributed by atoms with Crippen LogP contribution in [-0.4, -0.2) is 27.7 Å². The second-order valence-electron chi connectivity index (χ2n) is 5.35. The van der Waals surface area contributed by atoms with E-state index in [-0.39, 0.29) is 17.8 Å². The number of carbonyl (C=O) groups excluding carboxylic acids is 1. The van der Waals surface area contributed by atoms with Gasteiger partial charge in [0.15, 0.2) is 0 Å². The Hall–Kier alpha value is -2.74. The Morgan fingerprint density at radius 2 is 2.24 bits per heavy atom. The van der Waals surface area contributed by atoms with E-state index in [0.717, 1.165) is 17.8 Å².